The summed E-state index contributed by atoms with van der Waals surface area (Å²) in [6.45, 7) is 2.80. The maximum atomic E-state index is 9.91. The predicted octanol–water partition coefficient (Wildman–Crippen LogP) is 3.49. The number of hydrogen-bond acceptors (Lipinski definition) is 4. The maximum absolute atomic E-state index is 9.91. The van der Waals surface area contributed by atoms with Crippen molar-refractivity contribution in [2.45, 2.75) is 19.1 Å². The van der Waals surface area contributed by atoms with E-state index in [2.05, 4.69) is 23.7 Å². The number of hydrogen-bond donors (Lipinski definition) is 2. The van der Waals surface area contributed by atoms with E-state index >= 15 is 0 Å². The molecule has 0 fully saturated rings. The predicted molar refractivity (Wildman–Crippen MR) is 83.7 cm³/mol. The average Bonchev–Trinajstić information content (AvgIpc) is 2.97. The number of aliphatic hydroxyl groups is 1. The molecule has 0 radical (unpaired) electrons. The highest BCUT2D eigenvalue weighted by Crippen LogP contribution is 2.17. The number of thiophene rings is 1. The zero-order valence-corrected chi connectivity index (χ0v) is 12.8. The number of aliphatic hydroxyl groups excluding tert-OH is 1. The van der Waals surface area contributed by atoms with Gasteiger partial charge in [0.2, 0.25) is 0 Å². The monoisotopic (exact) mass is 311 g/mol. The van der Waals surface area contributed by atoms with Gasteiger partial charge in [0, 0.05) is 17.6 Å². The van der Waals surface area contributed by atoms with Crippen LogP contribution >= 0.6 is 22.9 Å². The Hall–Kier alpha value is -1.07. The number of benzene rings is 1. The Morgan fingerprint density at radius 3 is 2.95 bits per heavy atom. The van der Waals surface area contributed by atoms with Crippen LogP contribution in [0.15, 0.2) is 41.1 Å². The Labute approximate surface area is 128 Å². The van der Waals surface area contributed by atoms with E-state index in [1.54, 1.807) is 23.5 Å². The Morgan fingerprint density at radius 1 is 1.40 bits per heavy atom. The van der Waals surface area contributed by atoms with Crippen LogP contribution in [0, 0.1) is 0 Å². The Bertz CT molecular complexity index is 518. The smallest absolute Gasteiger partial charge is 0.120 e. The van der Waals surface area contributed by atoms with Gasteiger partial charge in [0.1, 0.15) is 18.5 Å². The Kier molecular flexibility index (Phi) is 5.86. The molecule has 0 aliphatic rings. The van der Waals surface area contributed by atoms with Gasteiger partial charge in [0.15, 0.2) is 0 Å². The third-order valence-corrected chi connectivity index (χ3v) is 3.88. The van der Waals surface area contributed by atoms with Gasteiger partial charge in [-0.2, -0.15) is 11.3 Å². The summed E-state index contributed by atoms with van der Waals surface area (Å²) in [7, 11) is 0. The van der Waals surface area contributed by atoms with Crippen molar-refractivity contribution >= 4 is 22.9 Å². The van der Waals surface area contributed by atoms with Crippen molar-refractivity contribution in [3.63, 3.8) is 0 Å². The molecule has 0 spiro atoms. The van der Waals surface area contributed by atoms with Gasteiger partial charge >= 0.3 is 0 Å². The molecule has 1 aromatic heterocycles. The second-order valence-corrected chi connectivity index (χ2v) is 5.83. The summed E-state index contributed by atoms with van der Waals surface area (Å²) in [6.07, 6.45) is -0.560. The second kappa shape index (κ2) is 7.64. The van der Waals surface area contributed by atoms with Crippen LogP contribution in [0.1, 0.15) is 18.5 Å². The van der Waals surface area contributed by atoms with Gasteiger partial charge in [-0.15, -0.1) is 0 Å². The SMILES string of the molecule is CC(NCC(O)COc1cccc(Cl)c1)c1ccsc1. The molecule has 1 heterocycles. The van der Waals surface area contributed by atoms with Crippen LogP contribution in [0.3, 0.4) is 0 Å². The van der Waals surface area contributed by atoms with Crippen LogP contribution in [0.5, 0.6) is 5.75 Å². The molecule has 2 unspecified atom stereocenters. The van der Waals surface area contributed by atoms with Crippen LogP contribution in [0.25, 0.3) is 0 Å². The van der Waals surface area contributed by atoms with E-state index < -0.39 is 6.10 Å². The lowest BCUT2D eigenvalue weighted by molar-refractivity contribution is 0.104. The zero-order chi connectivity index (χ0) is 14.4. The van der Waals surface area contributed by atoms with Crippen LogP contribution in [-0.4, -0.2) is 24.4 Å². The summed E-state index contributed by atoms with van der Waals surface area (Å²) in [4.78, 5) is 0. The first-order valence-electron chi connectivity index (χ1n) is 6.47. The first kappa shape index (κ1) is 15.3. The van der Waals surface area contributed by atoms with Crippen molar-refractivity contribution in [2.75, 3.05) is 13.2 Å². The number of ether oxygens (including phenoxy) is 1. The van der Waals surface area contributed by atoms with Gasteiger partial charge in [-0.05, 0) is 47.5 Å². The standard InChI is InChI=1S/C15H18ClNO2S/c1-11(12-5-6-20-10-12)17-8-14(18)9-19-15-4-2-3-13(16)7-15/h2-7,10-11,14,17-18H,8-9H2,1H3. The van der Waals surface area contributed by atoms with E-state index in [0.717, 1.165) is 0 Å². The number of nitrogens with one attached hydrogen (secondary N) is 1. The van der Waals surface area contributed by atoms with Crippen LogP contribution in [-0.2, 0) is 0 Å². The minimum atomic E-state index is -0.560. The third-order valence-electron chi connectivity index (χ3n) is 2.94. The van der Waals surface area contributed by atoms with Crippen molar-refractivity contribution in [1.82, 2.24) is 5.32 Å². The van der Waals surface area contributed by atoms with Gasteiger partial charge in [-0.25, -0.2) is 0 Å². The summed E-state index contributed by atoms with van der Waals surface area (Å²) in [5.74, 6) is 0.669. The first-order chi connectivity index (χ1) is 9.65. The summed E-state index contributed by atoms with van der Waals surface area (Å²) in [6, 6.07) is 9.46. The summed E-state index contributed by atoms with van der Waals surface area (Å²) in [5.41, 5.74) is 1.23. The lowest BCUT2D eigenvalue weighted by atomic mass is 10.2. The number of rotatable bonds is 7. The van der Waals surface area contributed by atoms with E-state index in [9.17, 15) is 5.11 Å². The van der Waals surface area contributed by atoms with Gasteiger partial charge in [0.05, 0.1) is 0 Å². The largest absolute Gasteiger partial charge is 0.491 e. The number of halogens is 1. The molecule has 5 heteroatoms. The molecule has 0 saturated carbocycles. The summed E-state index contributed by atoms with van der Waals surface area (Å²) in [5, 5.41) is 18.0. The van der Waals surface area contributed by atoms with Crippen molar-refractivity contribution in [3.05, 3.63) is 51.7 Å². The fourth-order valence-corrected chi connectivity index (χ4v) is 2.69. The van der Waals surface area contributed by atoms with E-state index in [4.69, 9.17) is 16.3 Å². The molecule has 0 saturated heterocycles. The molecule has 2 atom stereocenters. The molecule has 0 amide bonds. The summed E-state index contributed by atoms with van der Waals surface area (Å²) < 4.78 is 5.50. The highest BCUT2D eigenvalue weighted by atomic mass is 35.5. The molecule has 2 rings (SSSR count). The van der Waals surface area contributed by atoms with E-state index in [1.165, 1.54) is 5.56 Å². The molecule has 1 aromatic carbocycles. The topological polar surface area (TPSA) is 41.5 Å². The van der Waals surface area contributed by atoms with Gasteiger partial charge in [-0.1, -0.05) is 17.7 Å². The molecule has 2 N–H and O–H groups in total. The lowest BCUT2D eigenvalue weighted by Gasteiger charge is -2.17. The Balaban J connectivity index is 1.71. The van der Waals surface area contributed by atoms with Crippen LogP contribution < -0.4 is 10.1 Å². The highest BCUT2D eigenvalue weighted by molar-refractivity contribution is 7.07. The van der Waals surface area contributed by atoms with Crippen molar-refractivity contribution in [1.29, 1.82) is 0 Å². The molecule has 0 aliphatic carbocycles. The van der Waals surface area contributed by atoms with Crippen LogP contribution in [0.4, 0.5) is 0 Å². The van der Waals surface area contributed by atoms with Crippen molar-refractivity contribution in [2.24, 2.45) is 0 Å². The minimum absolute atomic E-state index is 0.224. The van der Waals surface area contributed by atoms with Gasteiger partial charge in [0.25, 0.3) is 0 Å². The Morgan fingerprint density at radius 2 is 2.25 bits per heavy atom. The molecule has 20 heavy (non-hydrogen) atoms. The van der Waals surface area contributed by atoms with Crippen molar-refractivity contribution < 1.29 is 9.84 Å². The molecular formula is C15H18ClNO2S. The highest BCUT2D eigenvalue weighted by Gasteiger charge is 2.09. The normalized spacial score (nSPS) is 13.9. The van der Waals surface area contributed by atoms with E-state index in [0.29, 0.717) is 17.3 Å². The quantitative estimate of drug-likeness (QED) is 0.822. The maximum Gasteiger partial charge on any atom is 0.120 e. The van der Waals surface area contributed by atoms with Crippen molar-refractivity contribution in [3.8, 4) is 5.75 Å². The minimum Gasteiger partial charge on any atom is -0.491 e. The zero-order valence-electron chi connectivity index (χ0n) is 11.3. The lowest BCUT2D eigenvalue weighted by Crippen LogP contribution is -2.32. The summed E-state index contributed by atoms with van der Waals surface area (Å²) >= 11 is 7.54. The van der Waals surface area contributed by atoms with E-state index in [-0.39, 0.29) is 12.6 Å². The average molecular weight is 312 g/mol. The molecule has 0 bridgehead atoms. The fraction of sp³-hybridized carbons (Fsp3) is 0.333. The van der Waals surface area contributed by atoms with Crippen LogP contribution in [0.2, 0.25) is 5.02 Å². The molecule has 2 aromatic rings. The molecule has 108 valence electrons. The first-order valence-corrected chi connectivity index (χ1v) is 7.79. The van der Waals surface area contributed by atoms with Gasteiger partial charge < -0.3 is 15.2 Å². The molecule has 3 nitrogen and oxygen atoms in total. The molecular weight excluding hydrogens is 294 g/mol. The van der Waals surface area contributed by atoms with E-state index in [1.807, 2.05) is 17.5 Å². The fourth-order valence-electron chi connectivity index (χ4n) is 1.76. The molecule has 0 aliphatic heterocycles. The third kappa shape index (κ3) is 4.80. The second-order valence-electron chi connectivity index (χ2n) is 4.61. The van der Waals surface area contributed by atoms with Gasteiger partial charge in [-0.3, -0.25) is 0 Å².